The number of anilines is 1. The number of imide groups is 1. The fourth-order valence-electron chi connectivity index (χ4n) is 2.11. The summed E-state index contributed by atoms with van der Waals surface area (Å²) in [4.78, 5) is 23.7. The van der Waals surface area contributed by atoms with E-state index in [1.165, 1.54) is 11.8 Å². The average Bonchev–Trinajstić information content (AvgIpc) is 2.52. The highest BCUT2D eigenvalue weighted by atomic mass is 35.5. The van der Waals surface area contributed by atoms with Gasteiger partial charge in [-0.1, -0.05) is 41.4 Å². The molecule has 3 amide bonds. The quantitative estimate of drug-likeness (QED) is 0.821. The summed E-state index contributed by atoms with van der Waals surface area (Å²) in [6, 6.07) is 12.7. The number of halogens is 1. The number of hydrogen-bond donors (Lipinski definition) is 2. The van der Waals surface area contributed by atoms with E-state index in [1.807, 2.05) is 56.3 Å². The van der Waals surface area contributed by atoms with Crippen molar-refractivity contribution < 1.29 is 9.59 Å². The Bertz CT molecular complexity index is 732. The molecule has 0 saturated heterocycles. The Balaban J connectivity index is 1.75. The van der Waals surface area contributed by atoms with Crippen LogP contribution in [0.3, 0.4) is 0 Å². The minimum Gasteiger partial charge on any atom is -0.307 e. The molecule has 6 heteroatoms. The van der Waals surface area contributed by atoms with Crippen LogP contribution in [0.1, 0.15) is 16.7 Å². The van der Waals surface area contributed by atoms with Crippen LogP contribution < -0.4 is 10.6 Å². The number of carbonyl (C=O) groups excluding carboxylic acids is 2. The first kappa shape index (κ1) is 18.4. The van der Waals surface area contributed by atoms with Gasteiger partial charge in [-0.2, -0.15) is 0 Å². The van der Waals surface area contributed by atoms with Crippen molar-refractivity contribution in [2.24, 2.45) is 0 Å². The lowest BCUT2D eigenvalue weighted by Crippen LogP contribution is -2.35. The molecule has 24 heavy (non-hydrogen) atoms. The third kappa shape index (κ3) is 5.91. The molecule has 0 bridgehead atoms. The van der Waals surface area contributed by atoms with Gasteiger partial charge in [-0.3, -0.25) is 10.1 Å². The van der Waals surface area contributed by atoms with Crippen molar-refractivity contribution in [1.29, 1.82) is 0 Å². The number of nitrogens with one attached hydrogen (secondary N) is 2. The summed E-state index contributed by atoms with van der Waals surface area (Å²) in [6.07, 6.45) is 0. The van der Waals surface area contributed by atoms with E-state index in [0.717, 1.165) is 16.7 Å². The topological polar surface area (TPSA) is 58.2 Å². The van der Waals surface area contributed by atoms with Crippen LogP contribution >= 0.6 is 23.4 Å². The van der Waals surface area contributed by atoms with Gasteiger partial charge >= 0.3 is 6.03 Å². The van der Waals surface area contributed by atoms with Gasteiger partial charge in [-0.05, 0) is 43.2 Å². The number of hydrogen-bond acceptors (Lipinski definition) is 3. The molecule has 0 radical (unpaired) electrons. The summed E-state index contributed by atoms with van der Waals surface area (Å²) in [5, 5.41) is 5.71. The molecule has 2 aromatic carbocycles. The summed E-state index contributed by atoms with van der Waals surface area (Å²) in [7, 11) is 0. The molecular formula is C18H19ClN2O2S. The second kappa shape index (κ2) is 8.76. The highest BCUT2D eigenvalue weighted by Crippen LogP contribution is 2.16. The summed E-state index contributed by atoms with van der Waals surface area (Å²) in [6.45, 7) is 3.89. The zero-order valence-electron chi connectivity index (χ0n) is 13.6. The number of urea groups is 1. The van der Waals surface area contributed by atoms with Gasteiger partial charge in [0.25, 0.3) is 0 Å². The summed E-state index contributed by atoms with van der Waals surface area (Å²) in [5.41, 5.74) is 3.85. The Kier molecular flexibility index (Phi) is 6.70. The first-order valence-corrected chi connectivity index (χ1v) is 8.97. The molecule has 0 spiro atoms. The van der Waals surface area contributed by atoms with Crippen molar-refractivity contribution in [3.05, 3.63) is 64.2 Å². The number of rotatable bonds is 5. The normalized spacial score (nSPS) is 10.3. The van der Waals surface area contributed by atoms with E-state index in [0.29, 0.717) is 16.5 Å². The fourth-order valence-corrected chi connectivity index (χ4v) is 3.03. The standard InChI is InChI=1S/C18H19ClN2O2S/c1-12-3-8-16(13(2)9-12)20-18(23)21-17(22)11-24-10-14-4-6-15(19)7-5-14/h3-9H,10-11H2,1-2H3,(H2,20,21,22,23). The Morgan fingerprint density at radius 2 is 1.79 bits per heavy atom. The van der Waals surface area contributed by atoms with Gasteiger partial charge in [0.15, 0.2) is 0 Å². The molecule has 0 fully saturated rings. The molecule has 0 heterocycles. The van der Waals surface area contributed by atoms with E-state index >= 15 is 0 Å². The van der Waals surface area contributed by atoms with Crippen LogP contribution in [0.5, 0.6) is 0 Å². The Hall–Kier alpha value is -1.98. The van der Waals surface area contributed by atoms with E-state index in [4.69, 9.17) is 11.6 Å². The van der Waals surface area contributed by atoms with E-state index in [-0.39, 0.29) is 11.7 Å². The molecule has 2 rings (SSSR count). The zero-order valence-corrected chi connectivity index (χ0v) is 15.1. The number of thioether (sulfide) groups is 1. The van der Waals surface area contributed by atoms with Gasteiger partial charge in [0.2, 0.25) is 5.91 Å². The Labute approximate surface area is 151 Å². The average molecular weight is 363 g/mol. The second-order valence-electron chi connectivity index (χ2n) is 5.44. The van der Waals surface area contributed by atoms with Crippen molar-refractivity contribution in [3.63, 3.8) is 0 Å². The van der Waals surface area contributed by atoms with Crippen molar-refractivity contribution in [3.8, 4) is 0 Å². The van der Waals surface area contributed by atoms with Crippen molar-refractivity contribution in [2.45, 2.75) is 19.6 Å². The molecule has 0 aliphatic carbocycles. The second-order valence-corrected chi connectivity index (χ2v) is 6.86. The van der Waals surface area contributed by atoms with Crippen LogP contribution in [-0.2, 0) is 10.5 Å². The molecular weight excluding hydrogens is 344 g/mol. The molecule has 126 valence electrons. The number of aryl methyl sites for hydroxylation is 2. The van der Waals surface area contributed by atoms with Gasteiger partial charge in [0, 0.05) is 16.5 Å². The van der Waals surface area contributed by atoms with Gasteiger partial charge < -0.3 is 5.32 Å². The number of carbonyl (C=O) groups is 2. The minimum atomic E-state index is -0.515. The molecule has 4 nitrogen and oxygen atoms in total. The Morgan fingerprint density at radius 1 is 1.08 bits per heavy atom. The maximum absolute atomic E-state index is 11.9. The molecule has 2 N–H and O–H groups in total. The molecule has 0 aliphatic rings. The lowest BCUT2D eigenvalue weighted by molar-refractivity contribution is -0.117. The molecule has 0 saturated carbocycles. The van der Waals surface area contributed by atoms with Gasteiger partial charge in [0.1, 0.15) is 0 Å². The van der Waals surface area contributed by atoms with Gasteiger partial charge in [0.05, 0.1) is 5.75 Å². The first-order chi connectivity index (χ1) is 11.4. The summed E-state index contributed by atoms with van der Waals surface area (Å²) >= 11 is 7.26. The maximum Gasteiger partial charge on any atom is 0.325 e. The lowest BCUT2D eigenvalue weighted by Gasteiger charge is -2.10. The van der Waals surface area contributed by atoms with E-state index < -0.39 is 6.03 Å². The van der Waals surface area contributed by atoms with Crippen LogP contribution in [0.25, 0.3) is 0 Å². The van der Waals surface area contributed by atoms with Crippen LogP contribution in [0.2, 0.25) is 5.02 Å². The van der Waals surface area contributed by atoms with Crippen LogP contribution in [0, 0.1) is 13.8 Å². The molecule has 0 unspecified atom stereocenters. The highest BCUT2D eigenvalue weighted by molar-refractivity contribution is 7.99. The summed E-state index contributed by atoms with van der Waals surface area (Å²) < 4.78 is 0. The fraction of sp³-hybridized carbons (Fsp3) is 0.222. The number of benzene rings is 2. The monoisotopic (exact) mass is 362 g/mol. The summed E-state index contributed by atoms with van der Waals surface area (Å²) in [5.74, 6) is 0.572. The number of amides is 3. The van der Waals surface area contributed by atoms with Crippen LogP contribution in [0.15, 0.2) is 42.5 Å². The third-order valence-corrected chi connectivity index (χ3v) is 4.55. The predicted octanol–water partition coefficient (Wildman–Crippen LogP) is 4.54. The molecule has 0 atom stereocenters. The van der Waals surface area contributed by atoms with E-state index in [9.17, 15) is 9.59 Å². The van der Waals surface area contributed by atoms with Crippen molar-refractivity contribution in [2.75, 3.05) is 11.1 Å². The lowest BCUT2D eigenvalue weighted by atomic mass is 10.1. The SMILES string of the molecule is Cc1ccc(NC(=O)NC(=O)CSCc2ccc(Cl)cc2)c(C)c1. The van der Waals surface area contributed by atoms with Gasteiger partial charge in [-0.25, -0.2) is 4.79 Å². The first-order valence-electron chi connectivity index (χ1n) is 7.44. The Morgan fingerprint density at radius 3 is 2.46 bits per heavy atom. The maximum atomic E-state index is 11.9. The molecule has 0 aromatic heterocycles. The van der Waals surface area contributed by atoms with E-state index in [1.54, 1.807) is 0 Å². The van der Waals surface area contributed by atoms with E-state index in [2.05, 4.69) is 10.6 Å². The van der Waals surface area contributed by atoms with Crippen molar-refractivity contribution in [1.82, 2.24) is 5.32 Å². The van der Waals surface area contributed by atoms with Gasteiger partial charge in [-0.15, -0.1) is 11.8 Å². The largest absolute Gasteiger partial charge is 0.325 e. The molecule has 2 aromatic rings. The van der Waals surface area contributed by atoms with Crippen LogP contribution in [0.4, 0.5) is 10.5 Å². The van der Waals surface area contributed by atoms with Crippen molar-refractivity contribution >= 4 is 41.0 Å². The van der Waals surface area contributed by atoms with Crippen LogP contribution in [-0.4, -0.2) is 17.7 Å². The highest BCUT2D eigenvalue weighted by Gasteiger charge is 2.09. The minimum absolute atomic E-state index is 0.211. The predicted molar refractivity (Wildman–Crippen MR) is 101 cm³/mol. The smallest absolute Gasteiger partial charge is 0.307 e. The zero-order chi connectivity index (χ0) is 17.5. The third-order valence-electron chi connectivity index (χ3n) is 3.30. The molecule has 0 aliphatic heterocycles.